The molecule has 0 amide bonds. The fourth-order valence-corrected chi connectivity index (χ4v) is 2.35. The molecule has 0 aliphatic carbocycles. The highest BCUT2D eigenvalue weighted by Crippen LogP contribution is 2.25. The van der Waals surface area contributed by atoms with E-state index in [1.165, 1.54) is 33.6 Å². The largest absolute Gasteiger partial charge is 0.215 e. The zero-order valence-electron chi connectivity index (χ0n) is 11.3. The smallest absolute Gasteiger partial charge is 0.198 e. The maximum atomic E-state index is 2.28. The van der Waals surface area contributed by atoms with E-state index in [9.17, 15) is 0 Å². The Labute approximate surface area is 104 Å². The number of benzene rings is 1. The van der Waals surface area contributed by atoms with Gasteiger partial charge in [0.25, 0.3) is 0 Å². The lowest BCUT2D eigenvalue weighted by atomic mass is 9.98. The number of rotatable bonds is 1. The molecular formula is C16H20N+. The third kappa shape index (κ3) is 1.97. The Morgan fingerprint density at radius 2 is 1.53 bits per heavy atom. The Hall–Kier alpha value is -1.63. The fourth-order valence-electron chi connectivity index (χ4n) is 2.35. The summed E-state index contributed by atoms with van der Waals surface area (Å²) in [7, 11) is 2.14. The number of aryl methyl sites for hydroxylation is 3. The highest BCUT2D eigenvalue weighted by Gasteiger charge is 2.19. The molecule has 0 N–H and O–H groups in total. The first-order chi connectivity index (χ1) is 8.02. The van der Waals surface area contributed by atoms with Gasteiger partial charge in [0, 0.05) is 24.1 Å². The third-order valence-electron chi connectivity index (χ3n) is 3.64. The first kappa shape index (κ1) is 11.8. The van der Waals surface area contributed by atoms with Crippen LogP contribution in [0, 0.1) is 27.7 Å². The van der Waals surface area contributed by atoms with Gasteiger partial charge in [0.2, 0.25) is 5.69 Å². The molecule has 0 aliphatic heterocycles. The number of aromatic nitrogens is 1. The van der Waals surface area contributed by atoms with Crippen LogP contribution < -0.4 is 4.57 Å². The molecule has 1 nitrogen and oxygen atoms in total. The zero-order valence-corrected chi connectivity index (χ0v) is 11.3. The molecule has 17 heavy (non-hydrogen) atoms. The molecule has 88 valence electrons. The topological polar surface area (TPSA) is 3.88 Å². The number of nitrogens with zero attached hydrogens (tertiary/aromatic N) is 1. The summed E-state index contributed by atoms with van der Waals surface area (Å²) in [5.74, 6) is 0. The number of hydrogen-bond donors (Lipinski definition) is 0. The van der Waals surface area contributed by atoms with E-state index in [1.54, 1.807) is 0 Å². The summed E-state index contributed by atoms with van der Waals surface area (Å²) in [4.78, 5) is 0. The van der Waals surface area contributed by atoms with E-state index >= 15 is 0 Å². The standard InChI is InChI=1S/C16H20N/c1-11-8-6-7-9-15(11)16-14(4)12(2)10-13(3)17(16)5/h6-10H,1-5H3/q+1. The first-order valence-electron chi connectivity index (χ1n) is 6.05. The molecule has 0 unspecified atom stereocenters. The van der Waals surface area contributed by atoms with Crippen molar-refractivity contribution >= 4 is 0 Å². The first-order valence-corrected chi connectivity index (χ1v) is 6.05. The fraction of sp³-hybridized carbons (Fsp3) is 0.312. The Morgan fingerprint density at radius 1 is 0.882 bits per heavy atom. The normalized spacial score (nSPS) is 10.6. The van der Waals surface area contributed by atoms with Crippen molar-refractivity contribution in [3.8, 4) is 11.3 Å². The van der Waals surface area contributed by atoms with Gasteiger partial charge in [0.05, 0.1) is 0 Å². The van der Waals surface area contributed by atoms with E-state index in [-0.39, 0.29) is 0 Å². The molecule has 0 aliphatic rings. The second-order valence-electron chi connectivity index (χ2n) is 4.82. The van der Waals surface area contributed by atoms with Crippen molar-refractivity contribution in [3.05, 3.63) is 52.7 Å². The summed E-state index contributed by atoms with van der Waals surface area (Å²) in [5.41, 5.74) is 8.02. The zero-order chi connectivity index (χ0) is 12.6. The minimum absolute atomic E-state index is 1.30. The van der Waals surface area contributed by atoms with Crippen LogP contribution in [0.2, 0.25) is 0 Å². The Bertz CT molecular complexity index is 542. The van der Waals surface area contributed by atoms with E-state index in [0.29, 0.717) is 0 Å². The van der Waals surface area contributed by atoms with Gasteiger partial charge in [-0.2, -0.15) is 4.57 Å². The highest BCUT2D eigenvalue weighted by molar-refractivity contribution is 5.65. The minimum atomic E-state index is 1.30. The van der Waals surface area contributed by atoms with E-state index in [1.807, 2.05) is 0 Å². The summed E-state index contributed by atoms with van der Waals surface area (Å²) in [6.07, 6.45) is 0. The summed E-state index contributed by atoms with van der Waals surface area (Å²) < 4.78 is 2.28. The molecule has 2 aromatic rings. The maximum absolute atomic E-state index is 2.28. The van der Waals surface area contributed by atoms with Crippen LogP contribution in [0.15, 0.2) is 30.3 Å². The van der Waals surface area contributed by atoms with Gasteiger partial charge in [-0.25, -0.2) is 0 Å². The van der Waals surface area contributed by atoms with Crippen molar-refractivity contribution in [1.29, 1.82) is 0 Å². The van der Waals surface area contributed by atoms with Crippen molar-refractivity contribution in [2.75, 3.05) is 0 Å². The second-order valence-corrected chi connectivity index (χ2v) is 4.82. The molecule has 0 fully saturated rings. The van der Waals surface area contributed by atoms with Gasteiger partial charge in [-0.05, 0) is 38.0 Å². The molecule has 0 saturated heterocycles. The van der Waals surface area contributed by atoms with Crippen molar-refractivity contribution in [3.63, 3.8) is 0 Å². The van der Waals surface area contributed by atoms with E-state index in [2.05, 4.69) is 69.6 Å². The van der Waals surface area contributed by atoms with Crippen LogP contribution in [0.4, 0.5) is 0 Å². The SMILES string of the molecule is Cc1ccccc1-c1c(C)c(C)cc(C)[n+]1C. The predicted molar refractivity (Wildman–Crippen MR) is 72.0 cm³/mol. The van der Waals surface area contributed by atoms with Crippen LogP contribution >= 0.6 is 0 Å². The molecule has 0 bridgehead atoms. The summed E-state index contributed by atoms with van der Waals surface area (Å²) in [5, 5.41) is 0. The Morgan fingerprint density at radius 3 is 2.18 bits per heavy atom. The maximum Gasteiger partial charge on any atom is 0.215 e. The van der Waals surface area contributed by atoms with Gasteiger partial charge in [0.15, 0.2) is 5.69 Å². The van der Waals surface area contributed by atoms with E-state index in [4.69, 9.17) is 0 Å². The molecule has 1 heteroatoms. The molecule has 0 atom stereocenters. The van der Waals surface area contributed by atoms with Crippen LogP contribution in [0.25, 0.3) is 11.3 Å². The average molecular weight is 226 g/mol. The lowest BCUT2D eigenvalue weighted by molar-refractivity contribution is -0.667. The number of hydrogen-bond acceptors (Lipinski definition) is 0. The monoisotopic (exact) mass is 226 g/mol. The summed E-state index contributed by atoms with van der Waals surface area (Å²) in [6.45, 7) is 8.72. The Balaban J connectivity index is 2.80. The van der Waals surface area contributed by atoms with Crippen molar-refractivity contribution in [2.45, 2.75) is 27.7 Å². The van der Waals surface area contributed by atoms with Gasteiger partial charge in [-0.3, -0.25) is 0 Å². The van der Waals surface area contributed by atoms with Crippen LogP contribution in [-0.2, 0) is 7.05 Å². The summed E-state index contributed by atoms with van der Waals surface area (Å²) >= 11 is 0. The lowest BCUT2D eigenvalue weighted by Gasteiger charge is -2.10. The van der Waals surface area contributed by atoms with Crippen LogP contribution in [0.5, 0.6) is 0 Å². The highest BCUT2D eigenvalue weighted by atomic mass is 14.9. The van der Waals surface area contributed by atoms with Gasteiger partial charge >= 0.3 is 0 Å². The summed E-state index contributed by atoms with van der Waals surface area (Å²) in [6, 6.07) is 10.8. The van der Waals surface area contributed by atoms with Crippen LogP contribution in [-0.4, -0.2) is 0 Å². The molecule has 0 spiro atoms. The molecular weight excluding hydrogens is 206 g/mol. The molecule has 1 aromatic carbocycles. The van der Waals surface area contributed by atoms with Crippen LogP contribution in [0.3, 0.4) is 0 Å². The van der Waals surface area contributed by atoms with Gasteiger partial charge in [-0.15, -0.1) is 0 Å². The van der Waals surface area contributed by atoms with E-state index < -0.39 is 0 Å². The number of pyridine rings is 1. The average Bonchev–Trinajstić information content (AvgIpc) is 2.29. The van der Waals surface area contributed by atoms with Gasteiger partial charge in [0.1, 0.15) is 7.05 Å². The molecule has 1 heterocycles. The van der Waals surface area contributed by atoms with Crippen molar-refractivity contribution in [1.82, 2.24) is 0 Å². The Kier molecular flexibility index (Phi) is 3.01. The third-order valence-corrected chi connectivity index (χ3v) is 3.64. The van der Waals surface area contributed by atoms with Crippen molar-refractivity contribution in [2.24, 2.45) is 7.05 Å². The van der Waals surface area contributed by atoms with Gasteiger partial charge < -0.3 is 0 Å². The van der Waals surface area contributed by atoms with Crippen molar-refractivity contribution < 1.29 is 4.57 Å². The molecule has 0 radical (unpaired) electrons. The molecule has 1 aromatic heterocycles. The molecule has 2 rings (SSSR count). The van der Waals surface area contributed by atoms with E-state index in [0.717, 1.165) is 0 Å². The second kappa shape index (κ2) is 4.33. The van der Waals surface area contributed by atoms with Gasteiger partial charge in [-0.1, -0.05) is 18.2 Å². The predicted octanol–water partition coefficient (Wildman–Crippen LogP) is 3.41. The minimum Gasteiger partial charge on any atom is -0.198 e. The lowest BCUT2D eigenvalue weighted by Crippen LogP contribution is -2.36. The quantitative estimate of drug-likeness (QED) is 0.656. The van der Waals surface area contributed by atoms with Crippen LogP contribution in [0.1, 0.15) is 22.4 Å². The molecule has 0 saturated carbocycles.